The first-order valence-corrected chi connectivity index (χ1v) is 2.61. The monoisotopic (exact) mass is 129 g/mol. The second kappa shape index (κ2) is 2.50. The molecule has 0 aliphatic carbocycles. The van der Waals surface area contributed by atoms with Gasteiger partial charge in [-0.3, -0.25) is 0 Å². The van der Waals surface area contributed by atoms with Gasteiger partial charge in [-0.05, 0) is 0 Å². The van der Waals surface area contributed by atoms with Gasteiger partial charge in [-0.1, -0.05) is 0 Å². The van der Waals surface area contributed by atoms with E-state index in [0.29, 0.717) is 12.1 Å². The van der Waals surface area contributed by atoms with Crippen LogP contribution in [0, 0.1) is 0 Å². The Bertz CT molecular complexity index is 224. The minimum atomic E-state index is -0.404. The summed E-state index contributed by atoms with van der Waals surface area (Å²) in [6.45, 7) is 0.0233. The van der Waals surface area contributed by atoms with E-state index < -0.39 is 5.63 Å². The van der Waals surface area contributed by atoms with Gasteiger partial charge in [-0.2, -0.15) is 0 Å². The van der Waals surface area contributed by atoms with E-state index in [1.165, 1.54) is 6.07 Å². The molecule has 0 bridgehead atoms. The first-order chi connectivity index (χ1) is 4.33. The third kappa shape index (κ3) is 1.43. The van der Waals surface area contributed by atoms with Crippen molar-refractivity contribution in [2.75, 3.05) is 6.61 Å². The number of H-pyrrole nitrogens is 1. The molecule has 1 aromatic rings. The second-order valence-electron chi connectivity index (χ2n) is 1.67. The molecule has 0 fully saturated rings. The van der Waals surface area contributed by atoms with E-state index in [4.69, 9.17) is 5.11 Å². The largest absolute Gasteiger partial charge is 0.396 e. The van der Waals surface area contributed by atoms with Gasteiger partial charge in [0, 0.05) is 19.1 Å². The average molecular weight is 129 g/mol. The van der Waals surface area contributed by atoms with Crippen LogP contribution in [0.2, 0.25) is 0 Å². The zero-order chi connectivity index (χ0) is 6.69. The Morgan fingerprint density at radius 1 is 1.78 bits per heavy atom. The van der Waals surface area contributed by atoms with Gasteiger partial charge in [0.25, 0.3) is 0 Å². The molecule has 1 rings (SSSR count). The number of aromatic nitrogens is 1. The molecule has 50 valence electrons. The van der Waals surface area contributed by atoms with Gasteiger partial charge in [0.05, 0.1) is 5.69 Å². The predicted octanol–water partition coefficient (Wildman–Crippen LogP) is -0.497. The summed E-state index contributed by atoms with van der Waals surface area (Å²) in [5.74, 6) is 0. The molecule has 9 heavy (non-hydrogen) atoms. The Morgan fingerprint density at radius 2 is 2.56 bits per heavy atom. The molecule has 0 spiro atoms. The Labute approximate surface area is 51.1 Å². The molecule has 0 radical (unpaired) electrons. The lowest BCUT2D eigenvalue weighted by atomic mass is 10.3. The Kier molecular flexibility index (Phi) is 1.69. The van der Waals surface area contributed by atoms with E-state index in [9.17, 15) is 4.79 Å². The van der Waals surface area contributed by atoms with Gasteiger partial charge < -0.3 is 9.63 Å². The molecule has 4 heteroatoms. The van der Waals surface area contributed by atoms with Crippen LogP contribution in [0.4, 0.5) is 0 Å². The van der Waals surface area contributed by atoms with Gasteiger partial charge >= 0.3 is 5.63 Å². The van der Waals surface area contributed by atoms with Crippen LogP contribution < -0.4 is 5.63 Å². The first kappa shape index (κ1) is 6.10. The third-order valence-corrected chi connectivity index (χ3v) is 0.956. The van der Waals surface area contributed by atoms with Gasteiger partial charge in [-0.15, -0.1) is 0 Å². The maximum Gasteiger partial charge on any atom is 0.357 e. The van der Waals surface area contributed by atoms with Crippen molar-refractivity contribution in [2.24, 2.45) is 0 Å². The highest BCUT2D eigenvalue weighted by Gasteiger charge is 1.94. The van der Waals surface area contributed by atoms with Crippen molar-refractivity contribution in [3.05, 3.63) is 22.2 Å². The van der Waals surface area contributed by atoms with Crippen LogP contribution in [0.3, 0.4) is 0 Å². The van der Waals surface area contributed by atoms with Crippen molar-refractivity contribution in [2.45, 2.75) is 6.42 Å². The van der Waals surface area contributed by atoms with Gasteiger partial charge in [-0.25, -0.2) is 9.95 Å². The predicted molar refractivity (Wildman–Crippen MR) is 30.1 cm³/mol. The van der Waals surface area contributed by atoms with Crippen molar-refractivity contribution >= 4 is 0 Å². The molecule has 4 nitrogen and oxygen atoms in total. The molecule has 1 aromatic heterocycles. The van der Waals surface area contributed by atoms with E-state index in [0.717, 1.165) is 0 Å². The molecule has 0 aliphatic rings. The van der Waals surface area contributed by atoms with E-state index in [-0.39, 0.29) is 6.61 Å². The minimum Gasteiger partial charge on any atom is -0.396 e. The topological polar surface area (TPSA) is 66.2 Å². The zero-order valence-electron chi connectivity index (χ0n) is 4.76. The fourth-order valence-electron chi connectivity index (χ4n) is 0.561. The zero-order valence-corrected chi connectivity index (χ0v) is 4.76. The highest BCUT2D eigenvalue weighted by molar-refractivity contribution is 4.95. The normalized spacial score (nSPS) is 9.89. The highest BCUT2D eigenvalue weighted by atomic mass is 16.5. The van der Waals surface area contributed by atoms with Crippen LogP contribution in [0.1, 0.15) is 5.69 Å². The van der Waals surface area contributed by atoms with E-state index in [1.54, 1.807) is 0 Å². The quantitative estimate of drug-likeness (QED) is 0.565. The van der Waals surface area contributed by atoms with Crippen molar-refractivity contribution in [1.29, 1.82) is 0 Å². The van der Waals surface area contributed by atoms with Crippen LogP contribution in [0.15, 0.2) is 15.4 Å². The highest BCUT2D eigenvalue weighted by Crippen LogP contribution is 1.87. The number of hydrogen-bond acceptors (Lipinski definition) is 3. The van der Waals surface area contributed by atoms with Crippen molar-refractivity contribution in [1.82, 2.24) is 5.16 Å². The molecular weight excluding hydrogens is 122 g/mol. The van der Waals surface area contributed by atoms with Crippen molar-refractivity contribution < 1.29 is 9.63 Å². The summed E-state index contributed by atoms with van der Waals surface area (Å²) in [6.07, 6.45) is 0.436. The molecule has 0 unspecified atom stereocenters. The molecule has 0 atom stereocenters. The molecule has 0 saturated heterocycles. The first-order valence-electron chi connectivity index (χ1n) is 2.61. The lowest BCUT2D eigenvalue weighted by Crippen LogP contribution is -1.90. The molecule has 0 amide bonds. The number of rotatable bonds is 2. The molecule has 0 saturated carbocycles. The standard InChI is InChI=1S/C5H7NO3/c7-2-1-4-3-5(8)9-6-4/h3,6-7H,1-2H2. The summed E-state index contributed by atoms with van der Waals surface area (Å²) in [5.41, 5.74) is 0.223. The number of aliphatic hydroxyl groups excluding tert-OH is 1. The SMILES string of the molecule is O=c1cc(CCO)[nH]o1. The average Bonchev–Trinajstić information content (AvgIpc) is 2.17. The van der Waals surface area contributed by atoms with Crippen LogP contribution in [0.5, 0.6) is 0 Å². The lowest BCUT2D eigenvalue weighted by Gasteiger charge is -1.84. The minimum absolute atomic E-state index is 0.0233. The smallest absolute Gasteiger partial charge is 0.357 e. The summed E-state index contributed by atoms with van der Waals surface area (Å²) in [7, 11) is 0. The second-order valence-corrected chi connectivity index (χ2v) is 1.67. The molecule has 1 heterocycles. The Morgan fingerprint density at radius 3 is 3.00 bits per heavy atom. The summed E-state index contributed by atoms with van der Waals surface area (Å²) in [4.78, 5) is 10.3. The van der Waals surface area contributed by atoms with E-state index in [2.05, 4.69) is 9.68 Å². The summed E-state index contributed by atoms with van der Waals surface area (Å²) in [6, 6.07) is 1.32. The molecular formula is C5H7NO3. The van der Waals surface area contributed by atoms with E-state index >= 15 is 0 Å². The van der Waals surface area contributed by atoms with Crippen LogP contribution in [-0.2, 0) is 6.42 Å². The molecule has 0 aliphatic heterocycles. The van der Waals surface area contributed by atoms with Crippen molar-refractivity contribution in [3.63, 3.8) is 0 Å². The Hall–Kier alpha value is -1.03. The van der Waals surface area contributed by atoms with Crippen LogP contribution in [-0.4, -0.2) is 16.9 Å². The maximum absolute atomic E-state index is 10.3. The molecule has 0 aromatic carbocycles. The lowest BCUT2D eigenvalue weighted by molar-refractivity contribution is 0.293. The number of nitrogens with one attached hydrogen (secondary N) is 1. The number of aromatic amines is 1. The van der Waals surface area contributed by atoms with Gasteiger partial charge in [0.1, 0.15) is 0 Å². The number of hydrogen-bond donors (Lipinski definition) is 2. The van der Waals surface area contributed by atoms with E-state index in [1.807, 2.05) is 0 Å². The maximum atomic E-state index is 10.3. The third-order valence-electron chi connectivity index (χ3n) is 0.956. The summed E-state index contributed by atoms with van der Waals surface area (Å²) >= 11 is 0. The van der Waals surface area contributed by atoms with Gasteiger partial charge in [0.15, 0.2) is 0 Å². The van der Waals surface area contributed by atoms with Crippen LogP contribution >= 0.6 is 0 Å². The molecule has 2 N–H and O–H groups in total. The van der Waals surface area contributed by atoms with Gasteiger partial charge in [0.2, 0.25) is 0 Å². The fraction of sp³-hybridized carbons (Fsp3) is 0.400. The summed E-state index contributed by atoms with van der Waals surface area (Å²) in [5, 5.41) is 10.7. The fourth-order valence-corrected chi connectivity index (χ4v) is 0.561. The summed E-state index contributed by atoms with van der Waals surface area (Å²) < 4.78 is 4.33. The van der Waals surface area contributed by atoms with Crippen LogP contribution in [0.25, 0.3) is 0 Å². The number of aliphatic hydroxyl groups is 1. The van der Waals surface area contributed by atoms with Crippen molar-refractivity contribution in [3.8, 4) is 0 Å². The Balaban J connectivity index is 2.73.